The maximum atomic E-state index is 12.0. The quantitative estimate of drug-likeness (QED) is 0.736. The summed E-state index contributed by atoms with van der Waals surface area (Å²) in [4.78, 5) is 18.2. The van der Waals surface area contributed by atoms with Crippen molar-refractivity contribution < 1.29 is 19.8 Å². The highest BCUT2D eigenvalue weighted by Gasteiger charge is 2.37. The number of hydrogen-bond acceptors (Lipinski definition) is 5. The summed E-state index contributed by atoms with van der Waals surface area (Å²) in [5.74, 6) is 4.25. The van der Waals surface area contributed by atoms with Gasteiger partial charge in [0.2, 0.25) is 0 Å². The normalized spacial score (nSPS) is 19.1. The van der Waals surface area contributed by atoms with Crippen molar-refractivity contribution >= 4 is 17.3 Å². The summed E-state index contributed by atoms with van der Waals surface area (Å²) in [5.41, 5.74) is 2.55. The molecule has 3 rings (SSSR count). The summed E-state index contributed by atoms with van der Waals surface area (Å²) in [6.07, 6.45) is 0.651. The number of rotatable bonds is 4. The summed E-state index contributed by atoms with van der Waals surface area (Å²) in [7, 11) is 0. The first kappa shape index (κ1) is 17.1. The van der Waals surface area contributed by atoms with Crippen LogP contribution in [0.5, 0.6) is 0 Å². The van der Waals surface area contributed by atoms with Crippen molar-refractivity contribution in [2.45, 2.75) is 39.4 Å². The summed E-state index contributed by atoms with van der Waals surface area (Å²) >= 11 is 1.37. The molecule has 0 spiro atoms. The third kappa shape index (κ3) is 2.98. The van der Waals surface area contributed by atoms with Gasteiger partial charge >= 0.3 is 5.97 Å². The molecule has 1 aromatic carbocycles. The highest BCUT2D eigenvalue weighted by molar-refractivity contribution is 7.16. The predicted octanol–water partition coefficient (Wildman–Crippen LogP) is 3.51. The van der Waals surface area contributed by atoms with E-state index in [1.807, 2.05) is 24.3 Å². The van der Waals surface area contributed by atoms with E-state index in [1.54, 1.807) is 0 Å². The lowest BCUT2D eigenvalue weighted by atomic mass is 9.74. The van der Waals surface area contributed by atoms with Gasteiger partial charge in [-0.3, -0.25) is 4.84 Å². The summed E-state index contributed by atoms with van der Waals surface area (Å²) in [6, 6.07) is 7.46. The molecule has 0 saturated carbocycles. The molecule has 0 amide bonds. The zero-order valence-corrected chi connectivity index (χ0v) is 14.5. The van der Waals surface area contributed by atoms with E-state index in [-0.39, 0.29) is 12.0 Å². The summed E-state index contributed by atoms with van der Waals surface area (Å²) in [5, 5.41) is 20.3. The van der Waals surface area contributed by atoms with Gasteiger partial charge in [0.15, 0.2) is 0 Å². The second-order valence-corrected chi connectivity index (χ2v) is 8.04. The lowest BCUT2D eigenvalue weighted by Gasteiger charge is -2.32. The smallest absolute Gasteiger partial charge is 0.337 e. The number of carboxylic acids is 1. The number of aliphatic hydroxyl groups is 1. The molecule has 1 aromatic heterocycles. The summed E-state index contributed by atoms with van der Waals surface area (Å²) in [6.45, 7) is 4.31. The van der Waals surface area contributed by atoms with Crippen LogP contribution in [-0.4, -0.2) is 16.2 Å². The number of nitrogens with two attached hydrogens (primary N) is 1. The highest BCUT2D eigenvalue weighted by atomic mass is 32.1. The predicted molar refractivity (Wildman–Crippen MR) is 92.8 cm³/mol. The minimum Gasteiger partial charge on any atom is -0.478 e. The van der Waals surface area contributed by atoms with E-state index in [0.717, 1.165) is 21.6 Å². The average molecular weight is 347 g/mol. The molecule has 1 atom stereocenters. The van der Waals surface area contributed by atoms with Gasteiger partial charge in [0, 0.05) is 9.75 Å². The Bertz CT molecular complexity index is 781. The fourth-order valence-corrected chi connectivity index (χ4v) is 4.83. The maximum absolute atomic E-state index is 12.0. The molecule has 1 aliphatic rings. The third-order valence-corrected chi connectivity index (χ3v) is 5.82. The van der Waals surface area contributed by atoms with E-state index in [1.165, 1.54) is 11.3 Å². The molecule has 0 aliphatic heterocycles. The Morgan fingerprint density at radius 1 is 1.42 bits per heavy atom. The van der Waals surface area contributed by atoms with Crippen LogP contribution in [-0.2, 0) is 17.9 Å². The average Bonchev–Trinajstić information content (AvgIpc) is 2.86. The van der Waals surface area contributed by atoms with Crippen LogP contribution in [0.2, 0.25) is 0 Å². The second kappa shape index (κ2) is 6.29. The van der Waals surface area contributed by atoms with Crippen molar-refractivity contribution in [3.63, 3.8) is 0 Å². The Kier molecular flexibility index (Phi) is 4.48. The fourth-order valence-electron chi connectivity index (χ4n) is 3.47. The van der Waals surface area contributed by atoms with Gasteiger partial charge in [0.25, 0.3) is 0 Å². The standard InChI is InChI=1S/C18H21NO4S/c1-18(2)7-12-14(17(21)22)16(24-15(12)13(20)8-18)11-6-4-3-5-10(11)9-23-19/h3-6,13,20H,7-9,19H2,1-2H3,(H,21,22). The number of thiophene rings is 1. The van der Waals surface area contributed by atoms with Gasteiger partial charge in [0.05, 0.1) is 18.3 Å². The van der Waals surface area contributed by atoms with Crippen LogP contribution in [0.25, 0.3) is 10.4 Å². The molecule has 2 aromatic rings. The molecule has 0 saturated heterocycles. The molecule has 0 bridgehead atoms. The molecule has 128 valence electrons. The number of aromatic carboxylic acids is 1. The Hall–Kier alpha value is -1.73. The van der Waals surface area contributed by atoms with Crippen LogP contribution in [0, 0.1) is 5.41 Å². The van der Waals surface area contributed by atoms with Gasteiger partial charge in [-0.05, 0) is 34.9 Å². The van der Waals surface area contributed by atoms with Crippen molar-refractivity contribution in [3.8, 4) is 10.4 Å². The van der Waals surface area contributed by atoms with Gasteiger partial charge in [-0.2, -0.15) is 0 Å². The number of hydrogen-bond donors (Lipinski definition) is 3. The number of benzene rings is 1. The van der Waals surface area contributed by atoms with Gasteiger partial charge in [0.1, 0.15) is 0 Å². The van der Waals surface area contributed by atoms with Crippen LogP contribution in [0.4, 0.5) is 0 Å². The Morgan fingerprint density at radius 2 is 2.12 bits per heavy atom. The van der Waals surface area contributed by atoms with Crippen LogP contribution in [0.15, 0.2) is 24.3 Å². The van der Waals surface area contributed by atoms with Crippen molar-refractivity contribution in [2.75, 3.05) is 0 Å². The van der Waals surface area contributed by atoms with Gasteiger partial charge in [-0.15, -0.1) is 11.3 Å². The zero-order chi connectivity index (χ0) is 17.5. The zero-order valence-electron chi connectivity index (χ0n) is 13.7. The number of fused-ring (bicyclic) bond motifs is 1. The fraction of sp³-hybridized carbons (Fsp3) is 0.389. The van der Waals surface area contributed by atoms with Crippen molar-refractivity contribution in [1.82, 2.24) is 0 Å². The molecule has 1 unspecified atom stereocenters. The molecule has 1 heterocycles. The van der Waals surface area contributed by atoms with E-state index >= 15 is 0 Å². The first-order valence-electron chi connectivity index (χ1n) is 7.81. The van der Waals surface area contributed by atoms with E-state index in [2.05, 4.69) is 13.8 Å². The van der Waals surface area contributed by atoms with Gasteiger partial charge in [-0.1, -0.05) is 38.1 Å². The molecule has 0 radical (unpaired) electrons. The van der Waals surface area contributed by atoms with Crippen LogP contribution >= 0.6 is 11.3 Å². The highest BCUT2D eigenvalue weighted by Crippen LogP contribution is 2.49. The second-order valence-electron chi connectivity index (χ2n) is 6.98. The largest absolute Gasteiger partial charge is 0.478 e. The lowest BCUT2D eigenvalue weighted by molar-refractivity contribution is 0.0692. The minimum absolute atomic E-state index is 0.130. The Labute approximate surface area is 144 Å². The number of aliphatic hydroxyl groups excluding tert-OH is 1. The molecule has 0 fully saturated rings. The topological polar surface area (TPSA) is 92.8 Å². The number of carboxylic acid groups (broad SMARTS) is 1. The number of carbonyl (C=O) groups is 1. The molecule has 4 N–H and O–H groups in total. The minimum atomic E-state index is -0.962. The van der Waals surface area contributed by atoms with E-state index in [0.29, 0.717) is 23.3 Å². The van der Waals surface area contributed by atoms with Crippen molar-refractivity contribution in [2.24, 2.45) is 11.3 Å². The molecule has 5 nitrogen and oxygen atoms in total. The van der Waals surface area contributed by atoms with E-state index in [9.17, 15) is 15.0 Å². The first-order chi connectivity index (χ1) is 11.3. The Morgan fingerprint density at radius 3 is 2.79 bits per heavy atom. The van der Waals surface area contributed by atoms with E-state index < -0.39 is 12.1 Å². The molecule has 1 aliphatic carbocycles. The SMILES string of the molecule is CC1(C)Cc2c(sc(-c3ccccc3CON)c2C(=O)O)C(O)C1. The maximum Gasteiger partial charge on any atom is 0.337 e. The molecule has 6 heteroatoms. The van der Waals surface area contributed by atoms with Crippen molar-refractivity contribution in [3.05, 3.63) is 45.8 Å². The summed E-state index contributed by atoms with van der Waals surface area (Å²) < 4.78 is 0. The van der Waals surface area contributed by atoms with Crippen LogP contribution in [0.3, 0.4) is 0 Å². The van der Waals surface area contributed by atoms with Crippen molar-refractivity contribution in [1.29, 1.82) is 0 Å². The monoisotopic (exact) mass is 347 g/mol. The lowest BCUT2D eigenvalue weighted by Crippen LogP contribution is -2.25. The van der Waals surface area contributed by atoms with Gasteiger partial charge in [-0.25, -0.2) is 10.7 Å². The van der Waals surface area contributed by atoms with Crippen LogP contribution in [0.1, 0.15) is 52.7 Å². The molecular formula is C18H21NO4S. The molecular weight excluding hydrogens is 326 g/mol. The third-order valence-electron chi connectivity index (χ3n) is 4.46. The van der Waals surface area contributed by atoms with Crippen LogP contribution < -0.4 is 5.90 Å². The molecule has 24 heavy (non-hydrogen) atoms. The first-order valence-corrected chi connectivity index (χ1v) is 8.62. The van der Waals surface area contributed by atoms with Gasteiger partial charge < -0.3 is 10.2 Å². The Balaban J connectivity index is 2.23. The van der Waals surface area contributed by atoms with E-state index in [4.69, 9.17) is 10.7 Å².